The molecule has 0 saturated carbocycles. The van der Waals surface area contributed by atoms with E-state index in [1.807, 2.05) is 0 Å². The number of phenolic OH excluding ortho intramolecular Hbond substituents is 1. The van der Waals surface area contributed by atoms with Crippen LogP contribution in [0.4, 0.5) is 0 Å². The molecule has 0 fully saturated rings. The molecule has 0 aliphatic rings. The van der Waals surface area contributed by atoms with E-state index in [0.29, 0.717) is 0 Å². The van der Waals surface area contributed by atoms with Crippen LogP contribution in [0.1, 0.15) is 10.4 Å². The van der Waals surface area contributed by atoms with Crippen LogP contribution in [0, 0.1) is 0 Å². The number of carboxylic acids is 1. The summed E-state index contributed by atoms with van der Waals surface area (Å²) in [6, 6.07) is 5.36. The highest BCUT2D eigenvalue weighted by Crippen LogP contribution is 2.08. The van der Waals surface area contributed by atoms with E-state index in [-0.39, 0.29) is 11.3 Å². The highest BCUT2D eigenvalue weighted by Gasteiger charge is 1.99. The molecule has 0 unspecified atom stereocenters. The van der Waals surface area contributed by atoms with E-state index in [1.165, 1.54) is 29.2 Å². The van der Waals surface area contributed by atoms with Gasteiger partial charge < -0.3 is 15.1 Å². The van der Waals surface area contributed by atoms with Crippen molar-refractivity contribution in [3.63, 3.8) is 0 Å². The Balaban J connectivity index is 0.000000336. The molecule has 0 atom stereocenters. The molecule has 5 heteroatoms. The van der Waals surface area contributed by atoms with E-state index in [0.717, 1.165) is 6.41 Å². The van der Waals surface area contributed by atoms with E-state index < -0.39 is 5.97 Å². The molecular weight excluding hydrogens is 198 g/mol. The zero-order valence-electron chi connectivity index (χ0n) is 8.54. The Bertz CT molecular complexity index is 319. The van der Waals surface area contributed by atoms with E-state index in [9.17, 15) is 9.59 Å². The first-order valence-corrected chi connectivity index (χ1v) is 4.11. The van der Waals surface area contributed by atoms with Gasteiger partial charge in [-0.2, -0.15) is 0 Å². The summed E-state index contributed by atoms with van der Waals surface area (Å²) in [6.45, 7) is 0. The maximum absolute atomic E-state index is 10.2. The van der Waals surface area contributed by atoms with Crippen LogP contribution in [0.2, 0.25) is 0 Å². The number of hydrogen-bond donors (Lipinski definition) is 2. The normalized spacial score (nSPS) is 8.40. The summed E-state index contributed by atoms with van der Waals surface area (Å²) < 4.78 is 0. The number of nitrogens with zero attached hydrogens (tertiary/aromatic N) is 1. The van der Waals surface area contributed by atoms with Gasteiger partial charge in [0, 0.05) is 14.1 Å². The molecule has 15 heavy (non-hydrogen) atoms. The van der Waals surface area contributed by atoms with E-state index >= 15 is 0 Å². The lowest BCUT2D eigenvalue weighted by molar-refractivity contribution is -0.115. The minimum Gasteiger partial charge on any atom is -0.508 e. The molecule has 82 valence electrons. The summed E-state index contributed by atoms with van der Waals surface area (Å²) in [5.74, 6) is -0.912. The summed E-state index contributed by atoms with van der Waals surface area (Å²) in [7, 11) is 3.38. The van der Waals surface area contributed by atoms with Crippen LogP contribution in [0.15, 0.2) is 24.3 Å². The number of carboxylic acid groups (broad SMARTS) is 1. The van der Waals surface area contributed by atoms with Crippen LogP contribution in [0.3, 0.4) is 0 Å². The number of phenols is 1. The fourth-order valence-corrected chi connectivity index (χ4v) is 0.604. The van der Waals surface area contributed by atoms with Gasteiger partial charge in [-0.15, -0.1) is 0 Å². The lowest BCUT2D eigenvalue weighted by Crippen LogP contribution is -2.06. The van der Waals surface area contributed by atoms with Gasteiger partial charge in [-0.3, -0.25) is 4.79 Å². The van der Waals surface area contributed by atoms with Crippen LogP contribution < -0.4 is 0 Å². The van der Waals surface area contributed by atoms with Crippen LogP contribution in [-0.4, -0.2) is 41.6 Å². The van der Waals surface area contributed by atoms with Gasteiger partial charge in [0.05, 0.1) is 5.56 Å². The molecule has 0 heterocycles. The van der Waals surface area contributed by atoms with E-state index in [2.05, 4.69) is 0 Å². The third-order valence-electron chi connectivity index (χ3n) is 1.33. The van der Waals surface area contributed by atoms with Crippen LogP contribution in [-0.2, 0) is 4.79 Å². The van der Waals surface area contributed by atoms with Crippen molar-refractivity contribution in [1.82, 2.24) is 4.90 Å². The second-order valence-electron chi connectivity index (χ2n) is 2.92. The molecule has 1 amide bonds. The topological polar surface area (TPSA) is 77.8 Å². The van der Waals surface area contributed by atoms with Crippen molar-refractivity contribution in [2.45, 2.75) is 0 Å². The lowest BCUT2D eigenvalue weighted by Gasteiger charge is -1.93. The van der Waals surface area contributed by atoms with Crippen molar-refractivity contribution in [3.8, 4) is 5.75 Å². The number of aromatic hydroxyl groups is 1. The number of aromatic carboxylic acids is 1. The maximum atomic E-state index is 10.2. The summed E-state index contributed by atoms with van der Waals surface area (Å²) in [4.78, 5) is 21.1. The van der Waals surface area contributed by atoms with Gasteiger partial charge in [-0.25, -0.2) is 4.79 Å². The maximum Gasteiger partial charge on any atom is 0.335 e. The fraction of sp³-hybridized carbons (Fsp3) is 0.200. The lowest BCUT2D eigenvalue weighted by atomic mass is 10.2. The molecule has 0 radical (unpaired) electrons. The number of carbonyl (C=O) groups is 2. The van der Waals surface area contributed by atoms with Gasteiger partial charge in [0.25, 0.3) is 0 Å². The average molecular weight is 211 g/mol. The number of amides is 1. The fourth-order valence-electron chi connectivity index (χ4n) is 0.604. The van der Waals surface area contributed by atoms with Gasteiger partial charge in [0.2, 0.25) is 6.41 Å². The molecule has 1 aromatic carbocycles. The van der Waals surface area contributed by atoms with Crippen molar-refractivity contribution < 1.29 is 19.8 Å². The summed E-state index contributed by atoms with van der Waals surface area (Å²) in [6.07, 6.45) is 0.750. The molecule has 0 aliphatic heterocycles. The van der Waals surface area contributed by atoms with Crippen molar-refractivity contribution in [1.29, 1.82) is 0 Å². The third kappa shape index (κ3) is 6.09. The number of rotatable bonds is 2. The third-order valence-corrected chi connectivity index (χ3v) is 1.33. The smallest absolute Gasteiger partial charge is 0.335 e. The molecular formula is C10H13NO4. The summed E-state index contributed by atoms with van der Waals surface area (Å²) >= 11 is 0. The highest BCUT2D eigenvalue weighted by atomic mass is 16.4. The predicted molar refractivity (Wildman–Crippen MR) is 54.8 cm³/mol. The van der Waals surface area contributed by atoms with E-state index in [1.54, 1.807) is 14.1 Å². The highest BCUT2D eigenvalue weighted by molar-refractivity contribution is 5.87. The standard InChI is InChI=1S/C7H6O3.C3H7NO/c8-6-3-1-5(2-4-6)7(9)10;1-4(2)3-5/h1-4,8H,(H,9,10);3H,1-2H3. The molecule has 0 aliphatic carbocycles. The van der Waals surface area contributed by atoms with Crippen molar-refractivity contribution in [3.05, 3.63) is 29.8 Å². The Morgan fingerprint density at radius 2 is 1.67 bits per heavy atom. The zero-order valence-corrected chi connectivity index (χ0v) is 8.54. The number of benzene rings is 1. The minimum atomic E-state index is -0.986. The predicted octanol–water partition coefficient (Wildman–Crippen LogP) is 0.795. The number of carbonyl (C=O) groups excluding carboxylic acids is 1. The van der Waals surface area contributed by atoms with Crippen LogP contribution >= 0.6 is 0 Å². The second-order valence-corrected chi connectivity index (χ2v) is 2.92. The molecule has 2 N–H and O–H groups in total. The first-order chi connectivity index (χ1) is 6.97. The van der Waals surface area contributed by atoms with E-state index in [4.69, 9.17) is 10.2 Å². The Hall–Kier alpha value is -2.04. The Kier molecular flexibility index (Phi) is 5.55. The average Bonchev–Trinajstić information content (AvgIpc) is 2.19. The Morgan fingerprint density at radius 1 is 1.27 bits per heavy atom. The number of hydrogen-bond acceptors (Lipinski definition) is 3. The molecule has 0 bridgehead atoms. The van der Waals surface area contributed by atoms with Crippen molar-refractivity contribution in [2.75, 3.05) is 14.1 Å². The van der Waals surface area contributed by atoms with Gasteiger partial charge in [0.15, 0.2) is 0 Å². The molecule has 5 nitrogen and oxygen atoms in total. The largest absolute Gasteiger partial charge is 0.508 e. The van der Waals surface area contributed by atoms with Crippen LogP contribution in [0.25, 0.3) is 0 Å². The minimum absolute atomic E-state index is 0.0741. The van der Waals surface area contributed by atoms with Gasteiger partial charge in [0.1, 0.15) is 5.75 Å². The molecule has 1 aromatic rings. The van der Waals surface area contributed by atoms with Gasteiger partial charge in [-0.05, 0) is 24.3 Å². The molecule has 0 aromatic heterocycles. The summed E-state index contributed by atoms with van der Waals surface area (Å²) in [5, 5.41) is 17.1. The van der Waals surface area contributed by atoms with Crippen molar-refractivity contribution >= 4 is 12.4 Å². The second kappa shape index (κ2) is 6.42. The van der Waals surface area contributed by atoms with Crippen molar-refractivity contribution in [2.24, 2.45) is 0 Å². The van der Waals surface area contributed by atoms with Crippen LogP contribution in [0.5, 0.6) is 5.75 Å². The summed E-state index contributed by atoms with van der Waals surface area (Å²) in [5.41, 5.74) is 0.179. The molecule has 0 saturated heterocycles. The van der Waals surface area contributed by atoms with Gasteiger partial charge >= 0.3 is 5.97 Å². The molecule has 1 rings (SSSR count). The Labute approximate surface area is 87.6 Å². The quantitative estimate of drug-likeness (QED) is 0.709. The first kappa shape index (κ1) is 13.0. The van der Waals surface area contributed by atoms with Gasteiger partial charge in [-0.1, -0.05) is 0 Å². The first-order valence-electron chi connectivity index (χ1n) is 4.11. The Morgan fingerprint density at radius 3 is 1.93 bits per heavy atom. The SMILES string of the molecule is CN(C)C=O.O=C(O)c1ccc(O)cc1. The molecule has 0 spiro atoms. The zero-order chi connectivity index (χ0) is 11.8. The monoisotopic (exact) mass is 211 g/mol.